The van der Waals surface area contributed by atoms with Crippen LogP contribution in [-0.4, -0.2) is 53.5 Å². The quantitative estimate of drug-likeness (QED) is 0.665. The van der Waals surface area contributed by atoms with Gasteiger partial charge in [-0.2, -0.15) is 0 Å². The third-order valence-electron chi connectivity index (χ3n) is 4.93. The van der Waals surface area contributed by atoms with Crippen LogP contribution in [0.3, 0.4) is 0 Å². The van der Waals surface area contributed by atoms with Crippen LogP contribution >= 0.6 is 11.3 Å². The van der Waals surface area contributed by atoms with E-state index < -0.39 is 10.0 Å². The van der Waals surface area contributed by atoms with E-state index in [1.54, 1.807) is 11.6 Å². The van der Waals surface area contributed by atoms with Gasteiger partial charge >= 0.3 is 0 Å². The summed E-state index contributed by atoms with van der Waals surface area (Å²) in [6.07, 6.45) is 6.60. The molecule has 10 heteroatoms. The summed E-state index contributed by atoms with van der Waals surface area (Å²) in [6, 6.07) is 5.94. The van der Waals surface area contributed by atoms with Crippen LogP contribution in [0.1, 0.15) is 30.1 Å². The van der Waals surface area contributed by atoms with Crippen molar-refractivity contribution in [2.75, 3.05) is 24.1 Å². The van der Waals surface area contributed by atoms with Crippen molar-refractivity contribution in [2.45, 2.75) is 25.2 Å². The predicted octanol–water partition coefficient (Wildman–Crippen LogP) is 2.41. The Kier molecular flexibility index (Phi) is 5.46. The van der Waals surface area contributed by atoms with Gasteiger partial charge in [0.2, 0.25) is 15.9 Å². The topological polar surface area (TPSA) is 105 Å². The molecule has 3 aromatic rings. The lowest BCUT2D eigenvalue weighted by molar-refractivity contribution is -0.131. The minimum atomic E-state index is -3.37. The summed E-state index contributed by atoms with van der Waals surface area (Å²) in [5, 5.41) is 3.02. The van der Waals surface area contributed by atoms with Crippen LogP contribution in [-0.2, 0) is 21.2 Å². The number of pyridine rings is 2. The smallest absolute Gasteiger partial charge is 0.231 e. The molecule has 0 saturated carbocycles. The molecule has 0 spiro atoms. The van der Waals surface area contributed by atoms with Gasteiger partial charge in [0.25, 0.3) is 0 Å². The molecule has 0 radical (unpaired) electrons. The molecule has 3 aromatic heterocycles. The van der Waals surface area contributed by atoms with E-state index in [1.807, 2.05) is 29.3 Å². The summed E-state index contributed by atoms with van der Waals surface area (Å²) in [6.45, 7) is 1.34. The second kappa shape index (κ2) is 8.03. The van der Waals surface area contributed by atoms with Gasteiger partial charge in [-0.05, 0) is 31.0 Å². The van der Waals surface area contributed by atoms with Crippen molar-refractivity contribution in [1.82, 2.24) is 19.9 Å². The molecule has 1 amide bonds. The first-order valence-corrected chi connectivity index (χ1v) is 12.0. The molecule has 0 bridgehead atoms. The minimum Gasteiger partial charge on any atom is -0.342 e. The fourth-order valence-corrected chi connectivity index (χ4v) is 5.05. The van der Waals surface area contributed by atoms with E-state index >= 15 is 0 Å². The number of hydrogen-bond donors (Lipinski definition) is 1. The summed E-state index contributed by atoms with van der Waals surface area (Å²) < 4.78 is 24.9. The first-order valence-electron chi connectivity index (χ1n) is 9.28. The molecule has 0 atom stereocenters. The maximum Gasteiger partial charge on any atom is 0.231 e. The monoisotopic (exact) mass is 431 g/mol. The lowest BCUT2D eigenvalue weighted by Gasteiger charge is -2.31. The fraction of sp³-hybridized carbons (Fsp3) is 0.368. The molecule has 4 heterocycles. The molecule has 1 aliphatic heterocycles. The average Bonchev–Trinajstić information content (AvgIpc) is 3.12. The Labute approximate surface area is 173 Å². The molecule has 1 saturated heterocycles. The van der Waals surface area contributed by atoms with Gasteiger partial charge < -0.3 is 4.90 Å². The predicted molar refractivity (Wildman–Crippen MR) is 112 cm³/mol. The number of carbonyl (C=O) groups is 1. The van der Waals surface area contributed by atoms with E-state index in [9.17, 15) is 13.2 Å². The average molecular weight is 432 g/mol. The van der Waals surface area contributed by atoms with Crippen molar-refractivity contribution < 1.29 is 13.2 Å². The van der Waals surface area contributed by atoms with E-state index in [1.165, 1.54) is 11.3 Å². The number of piperidine rings is 1. The van der Waals surface area contributed by atoms with Crippen molar-refractivity contribution >= 4 is 43.3 Å². The zero-order chi connectivity index (χ0) is 20.4. The van der Waals surface area contributed by atoms with Crippen molar-refractivity contribution in [3.8, 4) is 0 Å². The Hall–Kier alpha value is -2.59. The van der Waals surface area contributed by atoms with E-state index in [-0.39, 0.29) is 17.5 Å². The van der Waals surface area contributed by atoms with Crippen LogP contribution < -0.4 is 4.72 Å². The summed E-state index contributed by atoms with van der Waals surface area (Å²) in [5.41, 5.74) is 2.55. The summed E-state index contributed by atoms with van der Waals surface area (Å²) in [5.74, 6) is 0.322. The lowest BCUT2D eigenvalue weighted by Crippen LogP contribution is -2.39. The number of nitrogens with one attached hydrogen (secondary N) is 1. The van der Waals surface area contributed by atoms with E-state index in [0.29, 0.717) is 24.7 Å². The highest BCUT2D eigenvalue weighted by molar-refractivity contribution is 7.92. The SMILES string of the molecule is CS(=O)(=O)Nc1nc(CC(=O)N2CCC(c3cc4ncccc4cn3)CC2)cs1. The van der Waals surface area contributed by atoms with Gasteiger partial charge in [0.1, 0.15) is 0 Å². The number of rotatable bonds is 5. The molecule has 1 aliphatic rings. The number of amides is 1. The number of nitrogens with zero attached hydrogens (tertiary/aromatic N) is 4. The largest absolute Gasteiger partial charge is 0.342 e. The number of sulfonamides is 1. The number of hydrogen-bond acceptors (Lipinski definition) is 7. The molecular weight excluding hydrogens is 410 g/mol. The molecule has 29 heavy (non-hydrogen) atoms. The van der Waals surface area contributed by atoms with Crippen LogP contribution in [0.5, 0.6) is 0 Å². The second-order valence-corrected chi connectivity index (χ2v) is 9.76. The van der Waals surface area contributed by atoms with E-state index in [4.69, 9.17) is 0 Å². The van der Waals surface area contributed by atoms with E-state index in [2.05, 4.69) is 19.7 Å². The molecule has 1 N–H and O–H groups in total. The first-order chi connectivity index (χ1) is 13.9. The third-order valence-corrected chi connectivity index (χ3v) is 6.43. The third kappa shape index (κ3) is 4.88. The van der Waals surface area contributed by atoms with Gasteiger partial charge in [-0.15, -0.1) is 11.3 Å². The van der Waals surface area contributed by atoms with Crippen LogP contribution in [0.2, 0.25) is 0 Å². The van der Waals surface area contributed by atoms with Crippen LogP contribution in [0.4, 0.5) is 5.13 Å². The standard InChI is InChI=1S/C19H21N5O3S2/c1-29(26,27)23-19-22-15(12-28-19)9-18(25)24-7-4-13(5-8-24)16-10-17-14(11-21-16)3-2-6-20-17/h2-3,6,10-13H,4-5,7-9H2,1H3,(H,22,23). The highest BCUT2D eigenvalue weighted by Gasteiger charge is 2.25. The molecule has 152 valence electrons. The first kappa shape index (κ1) is 19.7. The molecule has 0 unspecified atom stereocenters. The maximum absolute atomic E-state index is 12.6. The van der Waals surface area contributed by atoms with E-state index in [0.717, 1.165) is 35.7 Å². The number of aromatic nitrogens is 3. The highest BCUT2D eigenvalue weighted by atomic mass is 32.2. The number of anilines is 1. The van der Waals surface area contributed by atoms with Gasteiger partial charge in [0, 0.05) is 47.9 Å². The maximum atomic E-state index is 12.6. The van der Waals surface area contributed by atoms with Gasteiger partial charge in [-0.25, -0.2) is 13.4 Å². The zero-order valence-electron chi connectivity index (χ0n) is 15.9. The zero-order valence-corrected chi connectivity index (χ0v) is 17.5. The second-order valence-electron chi connectivity index (χ2n) is 7.16. The Morgan fingerprint density at radius 3 is 2.86 bits per heavy atom. The molecule has 4 rings (SSSR count). The van der Waals surface area contributed by atoms with Gasteiger partial charge in [-0.3, -0.25) is 19.5 Å². The Balaban J connectivity index is 1.34. The molecule has 1 fully saturated rings. The van der Waals surface area contributed by atoms with Gasteiger partial charge in [0.15, 0.2) is 5.13 Å². The number of likely N-dealkylation sites (tertiary alicyclic amines) is 1. The van der Waals surface area contributed by atoms with Crippen LogP contribution in [0.15, 0.2) is 36.0 Å². The molecule has 0 aromatic carbocycles. The van der Waals surface area contributed by atoms with Gasteiger partial charge in [0.05, 0.1) is 23.9 Å². The highest BCUT2D eigenvalue weighted by Crippen LogP contribution is 2.28. The van der Waals surface area contributed by atoms with Crippen LogP contribution in [0, 0.1) is 0 Å². The molecule has 0 aliphatic carbocycles. The molecule has 8 nitrogen and oxygen atoms in total. The van der Waals surface area contributed by atoms with Crippen molar-refractivity contribution in [2.24, 2.45) is 0 Å². The van der Waals surface area contributed by atoms with Crippen molar-refractivity contribution in [3.05, 3.63) is 47.4 Å². The normalized spacial score (nSPS) is 15.6. The van der Waals surface area contributed by atoms with Crippen molar-refractivity contribution in [3.63, 3.8) is 0 Å². The number of fused-ring (bicyclic) bond motifs is 1. The fourth-order valence-electron chi connectivity index (χ4n) is 3.49. The summed E-state index contributed by atoms with van der Waals surface area (Å²) in [4.78, 5) is 27.6. The Bertz CT molecular complexity index is 1140. The number of carbonyl (C=O) groups excluding carboxylic acids is 1. The summed E-state index contributed by atoms with van der Waals surface area (Å²) >= 11 is 1.18. The van der Waals surface area contributed by atoms with Gasteiger partial charge in [-0.1, -0.05) is 0 Å². The van der Waals surface area contributed by atoms with Crippen LogP contribution in [0.25, 0.3) is 10.9 Å². The van der Waals surface area contributed by atoms with Crippen molar-refractivity contribution in [1.29, 1.82) is 0 Å². The summed E-state index contributed by atoms with van der Waals surface area (Å²) in [7, 11) is -3.37. The number of thiazole rings is 1. The lowest BCUT2D eigenvalue weighted by atomic mass is 9.92. The Morgan fingerprint density at radius 2 is 2.10 bits per heavy atom. The minimum absolute atomic E-state index is 0.00722. The Morgan fingerprint density at radius 1 is 1.31 bits per heavy atom. The molecular formula is C19H21N5O3S2.